The number of amides is 4. The van der Waals surface area contributed by atoms with Crippen molar-refractivity contribution in [3.8, 4) is 5.75 Å². The number of ether oxygens (including phenoxy) is 1. The van der Waals surface area contributed by atoms with Crippen molar-refractivity contribution < 1.29 is 19.1 Å². The van der Waals surface area contributed by atoms with Crippen molar-refractivity contribution in [2.24, 2.45) is 0 Å². The van der Waals surface area contributed by atoms with Crippen LogP contribution < -0.4 is 15.4 Å². The van der Waals surface area contributed by atoms with Gasteiger partial charge in [-0.05, 0) is 50.2 Å². The predicted octanol–water partition coefficient (Wildman–Crippen LogP) is 1.87. The van der Waals surface area contributed by atoms with Gasteiger partial charge in [0, 0.05) is 13.1 Å². The molecule has 1 atom stereocenters. The lowest BCUT2D eigenvalue weighted by Gasteiger charge is -2.22. The lowest BCUT2D eigenvalue weighted by molar-refractivity contribution is -0.134. The van der Waals surface area contributed by atoms with Crippen molar-refractivity contribution in [3.63, 3.8) is 0 Å². The molecule has 0 bridgehead atoms. The molecule has 0 aliphatic carbocycles. The molecule has 0 saturated carbocycles. The van der Waals surface area contributed by atoms with Crippen LogP contribution in [0.15, 0.2) is 36.4 Å². The van der Waals surface area contributed by atoms with Crippen LogP contribution in [0.2, 0.25) is 0 Å². The van der Waals surface area contributed by atoms with E-state index in [1.807, 2.05) is 6.92 Å². The zero-order valence-corrected chi connectivity index (χ0v) is 18.3. The Morgan fingerprint density at radius 2 is 1.87 bits per heavy atom. The number of benzene rings is 1. The first-order chi connectivity index (χ1) is 14.2. The van der Waals surface area contributed by atoms with E-state index in [9.17, 15) is 14.4 Å². The SMILES string of the molecule is C=C(C)COc1ccc(C2(C)NC(=O)N(CC(=O)NCCN(CC)CC)C2=O)cc1. The number of likely N-dealkylation sites (N-methyl/N-ethyl adjacent to an activating group) is 1. The quantitative estimate of drug-likeness (QED) is 0.425. The lowest BCUT2D eigenvalue weighted by atomic mass is 9.92. The number of nitrogens with zero attached hydrogens (tertiary/aromatic N) is 2. The predicted molar refractivity (Wildman–Crippen MR) is 115 cm³/mol. The Morgan fingerprint density at radius 3 is 2.43 bits per heavy atom. The molecule has 1 aromatic rings. The minimum absolute atomic E-state index is 0.307. The van der Waals surface area contributed by atoms with Crippen LogP contribution in [0.3, 0.4) is 0 Å². The Morgan fingerprint density at radius 1 is 1.23 bits per heavy atom. The van der Waals surface area contributed by atoms with Gasteiger partial charge in [0.2, 0.25) is 5.91 Å². The summed E-state index contributed by atoms with van der Waals surface area (Å²) in [7, 11) is 0. The monoisotopic (exact) mass is 416 g/mol. The summed E-state index contributed by atoms with van der Waals surface area (Å²) in [5.41, 5.74) is 0.286. The lowest BCUT2D eigenvalue weighted by Crippen LogP contribution is -2.44. The first-order valence-electron chi connectivity index (χ1n) is 10.2. The van der Waals surface area contributed by atoms with Crippen LogP contribution in [0.5, 0.6) is 5.75 Å². The van der Waals surface area contributed by atoms with Crippen LogP contribution in [0.4, 0.5) is 4.79 Å². The molecule has 164 valence electrons. The number of carbonyl (C=O) groups excluding carboxylic acids is 3. The third kappa shape index (κ3) is 5.60. The van der Waals surface area contributed by atoms with Gasteiger partial charge in [-0.15, -0.1) is 0 Å². The zero-order chi connectivity index (χ0) is 22.3. The average Bonchev–Trinajstić information content (AvgIpc) is 2.94. The Hall–Kier alpha value is -2.87. The van der Waals surface area contributed by atoms with E-state index >= 15 is 0 Å². The highest BCUT2D eigenvalue weighted by molar-refractivity contribution is 6.09. The van der Waals surface area contributed by atoms with Gasteiger partial charge in [-0.25, -0.2) is 4.79 Å². The largest absolute Gasteiger partial charge is 0.489 e. The summed E-state index contributed by atoms with van der Waals surface area (Å²) in [4.78, 5) is 40.7. The smallest absolute Gasteiger partial charge is 0.325 e. The molecule has 2 N–H and O–H groups in total. The second-order valence-corrected chi connectivity index (χ2v) is 7.59. The summed E-state index contributed by atoms with van der Waals surface area (Å²) in [5, 5.41) is 5.48. The van der Waals surface area contributed by atoms with E-state index in [1.54, 1.807) is 31.2 Å². The Balaban J connectivity index is 1.99. The van der Waals surface area contributed by atoms with Crippen LogP contribution >= 0.6 is 0 Å². The van der Waals surface area contributed by atoms with Gasteiger partial charge in [0.15, 0.2) is 0 Å². The maximum Gasteiger partial charge on any atom is 0.325 e. The van der Waals surface area contributed by atoms with Crippen LogP contribution in [-0.2, 0) is 15.1 Å². The van der Waals surface area contributed by atoms with Crippen molar-refractivity contribution in [1.82, 2.24) is 20.4 Å². The minimum Gasteiger partial charge on any atom is -0.489 e. The van der Waals surface area contributed by atoms with E-state index in [0.717, 1.165) is 30.1 Å². The van der Waals surface area contributed by atoms with Gasteiger partial charge >= 0.3 is 6.03 Å². The van der Waals surface area contributed by atoms with E-state index in [4.69, 9.17) is 4.74 Å². The van der Waals surface area contributed by atoms with Crippen LogP contribution in [0.1, 0.15) is 33.3 Å². The summed E-state index contributed by atoms with van der Waals surface area (Å²) in [6.07, 6.45) is 0. The molecule has 0 aromatic heterocycles. The highest BCUT2D eigenvalue weighted by atomic mass is 16.5. The van der Waals surface area contributed by atoms with Crippen LogP contribution in [0.25, 0.3) is 0 Å². The van der Waals surface area contributed by atoms with Gasteiger partial charge in [-0.3, -0.25) is 14.5 Å². The van der Waals surface area contributed by atoms with Crippen LogP contribution in [-0.4, -0.2) is 67.0 Å². The van der Waals surface area contributed by atoms with Crippen molar-refractivity contribution in [2.45, 2.75) is 33.2 Å². The number of nitrogens with one attached hydrogen (secondary N) is 2. The molecule has 2 rings (SSSR count). The topological polar surface area (TPSA) is 91.0 Å². The van der Waals surface area contributed by atoms with Gasteiger partial charge in [-0.2, -0.15) is 0 Å². The Kier molecular flexibility index (Phi) is 8.00. The zero-order valence-electron chi connectivity index (χ0n) is 18.3. The molecule has 8 nitrogen and oxygen atoms in total. The van der Waals surface area contributed by atoms with Gasteiger partial charge in [-0.1, -0.05) is 32.6 Å². The van der Waals surface area contributed by atoms with Gasteiger partial charge in [0.1, 0.15) is 24.4 Å². The molecule has 1 saturated heterocycles. The van der Waals surface area contributed by atoms with Crippen molar-refractivity contribution in [3.05, 3.63) is 42.0 Å². The molecule has 0 spiro atoms. The fourth-order valence-corrected chi connectivity index (χ4v) is 3.22. The highest BCUT2D eigenvalue weighted by Crippen LogP contribution is 2.30. The molecule has 1 aliphatic rings. The molecule has 1 fully saturated rings. The summed E-state index contributed by atoms with van der Waals surface area (Å²) in [5.74, 6) is -0.174. The molecular formula is C22H32N4O4. The average molecular weight is 417 g/mol. The van der Waals surface area contributed by atoms with Crippen LogP contribution in [0, 0.1) is 0 Å². The third-order valence-electron chi connectivity index (χ3n) is 5.14. The summed E-state index contributed by atoms with van der Waals surface area (Å²) >= 11 is 0. The first-order valence-corrected chi connectivity index (χ1v) is 10.2. The number of rotatable bonds is 11. The Bertz CT molecular complexity index is 789. The highest BCUT2D eigenvalue weighted by Gasteiger charge is 2.49. The van der Waals surface area contributed by atoms with E-state index in [2.05, 4.69) is 36.0 Å². The van der Waals surface area contributed by atoms with E-state index < -0.39 is 17.5 Å². The van der Waals surface area contributed by atoms with Crippen molar-refractivity contribution in [1.29, 1.82) is 0 Å². The standard InChI is InChI=1S/C22H32N4O4/c1-6-25(7-2)13-12-23-19(27)14-26-20(28)22(5,24-21(26)29)17-8-10-18(11-9-17)30-15-16(3)4/h8-11H,3,6-7,12-15H2,1-2,4-5H3,(H,23,27)(H,24,29). The molecule has 1 aromatic carbocycles. The van der Waals surface area contributed by atoms with E-state index in [0.29, 0.717) is 24.5 Å². The first kappa shape index (κ1) is 23.4. The molecule has 30 heavy (non-hydrogen) atoms. The third-order valence-corrected chi connectivity index (χ3v) is 5.14. The number of hydrogen-bond donors (Lipinski definition) is 2. The number of hydrogen-bond acceptors (Lipinski definition) is 5. The number of urea groups is 1. The fraction of sp³-hybridized carbons (Fsp3) is 0.500. The second-order valence-electron chi connectivity index (χ2n) is 7.59. The molecule has 0 radical (unpaired) electrons. The fourth-order valence-electron chi connectivity index (χ4n) is 3.22. The van der Waals surface area contributed by atoms with Gasteiger partial charge < -0.3 is 20.3 Å². The van der Waals surface area contributed by atoms with Crippen molar-refractivity contribution in [2.75, 3.05) is 39.3 Å². The maximum atomic E-state index is 13.0. The molecule has 1 heterocycles. The number of carbonyl (C=O) groups is 3. The Labute approximate surface area is 178 Å². The summed E-state index contributed by atoms with van der Waals surface area (Å²) < 4.78 is 5.57. The summed E-state index contributed by atoms with van der Waals surface area (Å²) in [6.45, 7) is 14.5. The van der Waals surface area contributed by atoms with E-state index in [-0.39, 0.29) is 12.5 Å². The van der Waals surface area contributed by atoms with Gasteiger partial charge in [0.05, 0.1) is 0 Å². The van der Waals surface area contributed by atoms with Gasteiger partial charge in [0.25, 0.3) is 5.91 Å². The number of imide groups is 1. The molecule has 1 unspecified atom stereocenters. The normalized spacial score (nSPS) is 18.5. The molecule has 1 aliphatic heterocycles. The van der Waals surface area contributed by atoms with Crippen molar-refractivity contribution >= 4 is 17.8 Å². The maximum absolute atomic E-state index is 13.0. The minimum atomic E-state index is -1.23. The second kappa shape index (κ2) is 10.2. The summed E-state index contributed by atoms with van der Waals surface area (Å²) in [6, 6.07) is 6.37. The molecule has 4 amide bonds. The molecule has 8 heteroatoms. The van der Waals surface area contributed by atoms with E-state index in [1.165, 1.54) is 0 Å². The molecular weight excluding hydrogens is 384 g/mol.